The van der Waals surface area contributed by atoms with Crippen molar-refractivity contribution in [1.29, 1.82) is 0 Å². The summed E-state index contributed by atoms with van der Waals surface area (Å²) in [6, 6.07) is 16.5. The molecule has 0 aliphatic rings. The van der Waals surface area contributed by atoms with Crippen LogP contribution in [0, 0.1) is 6.92 Å². The van der Waals surface area contributed by atoms with Gasteiger partial charge in [0.1, 0.15) is 0 Å². The van der Waals surface area contributed by atoms with Crippen molar-refractivity contribution in [2.75, 3.05) is 17.6 Å². The molecule has 4 heteroatoms. The van der Waals surface area contributed by atoms with E-state index in [2.05, 4.69) is 52.5 Å². The standard InChI is InChI=1S/C16H17N3S/c1-12-7-8-14-15(11-12)19-16(18-14)20-10-9-17-13-5-3-2-4-6-13/h2-8,11,17H,9-10H2,1H3,(H,18,19). The van der Waals surface area contributed by atoms with Gasteiger partial charge in [0.15, 0.2) is 5.16 Å². The molecule has 0 atom stereocenters. The van der Waals surface area contributed by atoms with Crippen LogP contribution in [0.1, 0.15) is 5.56 Å². The first-order chi connectivity index (χ1) is 9.81. The Hall–Kier alpha value is -1.94. The number of fused-ring (bicyclic) bond motifs is 1. The summed E-state index contributed by atoms with van der Waals surface area (Å²) in [5, 5.41) is 4.38. The highest BCUT2D eigenvalue weighted by Gasteiger charge is 2.03. The van der Waals surface area contributed by atoms with Crippen molar-refractivity contribution in [3.05, 3.63) is 54.1 Å². The fourth-order valence-corrected chi connectivity index (χ4v) is 2.81. The number of anilines is 1. The Balaban J connectivity index is 1.55. The third-order valence-corrected chi connectivity index (χ3v) is 3.93. The number of nitrogens with one attached hydrogen (secondary N) is 2. The molecule has 1 heterocycles. The van der Waals surface area contributed by atoms with E-state index in [1.165, 1.54) is 5.56 Å². The first-order valence-corrected chi connectivity index (χ1v) is 7.68. The highest BCUT2D eigenvalue weighted by Crippen LogP contribution is 2.20. The van der Waals surface area contributed by atoms with Crippen molar-refractivity contribution < 1.29 is 0 Å². The Morgan fingerprint density at radius 1 is 1.15 bits per heavy atom. The first kappa shape index (κ1) is 13.1. The summed E-state index contributed by atoms with van der Waals surface area (Å²) in [7, 11) is 0. The molecule has 0 amide bonds. The number of aromatic nitrogens is 2. The zero-order chi connectivity index (χ0) is 13.8. The number of nitrogens with zero attached hydrogens (tertiary/aromatic N) is 1. The average Bonchev–Trinajstić information content (AvgIpc) is 2.86. The molecule has 3 aromatic rings. The molecule has 102 valence electrons. The topological polar surface area (TPSA) is 40.7 Å². The molecule has 0 saturated heterocycles. The van der Waals surface area contributed by atoms with Gasteiger partial charge in [0.05, 0.1) is 11.0 Å². The molecule has 0 fully saturated rings. The van der Waals surface area contributed by atoms with Gasteiger partial charge in [-0.05, 0) is 36.8 Å². The highest BCUT2D eigenvalue weighted by molar-refractivity contribution is 7.99. The Morgan fingerprint density at radius 2 is 2.00 bits per heavy atom. The van der Waals surface area contributed by atoms with Crippen molar-refractivity contribution in [2.45, 2.75) is 12.1 Å². The number of rotatable bonds is 5. The zero-order valence-corrected chi connectivity index (χ0v) is 12.2. The molecule has 20 heavy (non-hydrogen) atoms. The summed E-state index contributed by atoms with van der Waals surface area (Å²) in [5.74, 6) is 0.980. The van der Waals surface area contributed by atoms with Gasteiger partial charge in [-0.25, -0.2) is 4.98 Å². The Labute approximate surface area is 122 Å². The monoisotopic (exact) mass is 283 g/mol. The van der Waals surface area contributed by atoms with Gasteiger partial charge in [-0.15, -0.1) is 0 Å². The van der Waals surface area contributed by atoms with Crippen LogP contribution in [0.2, 0.25) is 0 Å². The predicted molar refractivity (Wildman–Crippen MR) is 86.5 cm³/mol. The highest BCUT2D eigenvalue weighted by atomic mass is 32.2. The third-order valence-electron chi connectivity index (χ3n) is 3.06. The molecular formula is C16H17N3S. The van der Waals surface area contributed by atoms with Gasteiger partial charge in [0, 0.05) is 18.0 Å². The maximum absolute atomic E-state index is 4.58. The van der Waals surface area contributed by atoms with Gasteiger partial charge >= 0.3 is 0 Å². The fraction of sp³-hybridized carbons (Fsp3) is 0.188. The minimum Gasteiger partial charge on any atom is -0.384 e. The van der Waals surface area contributed by atoms with E-state index < -0.39 is 0 Å². The van der Waals surface area contributed by atoms with Gasteiger partial charge in [-0.3, -0.25) is 0 Å². The number of hydrogen-bond acceptors (Lipinski definition) is 3. The van der Waals surface area contributed by atoms with Crippen LogP contribution in [-0.2, 0) is 0 Å². The van der Waals surface area contributed by atoms with Gasteiger partial charge < -0.3 is 10.3 Å². The molecule has 0 unspecified atom stereocenters. The lowest BCUT2D eigenvalue weighted by molar-refractivity contribution is 1.07. The van der Waals surface area contributed by atoms with Gasteiger partial charge in [-0.1, -0.05) is 36.0 Å². The van der Waals surface area contributed by atoms with E-state index in [9.17, 15) is 0 Å². The first-order valence-electron chi connectivity index (χ1n) is 6.69. The second-order valence-electron chi connectivity index (χ2n) is 4.70. The van der Waals surface area contributed by atoms with Crippen LogP contribution < -0.4 is 5.32 Å². The van der Waals surface area contributed by atoms with E-state index >= 15 is 0 Å². The number of aromatic amines is 1. The summed E-state index contributed by atoms with van der Waals surface area (Å²) in [6.45, 7) is 3.02. The number of imidazole rings is 1. The van der Waals surface area contributed by atoms with Gasteiger partial charge in [0.2, 0.25) is 0 Å². The third kappa shape index (κ3) is 3.14. The molecule has 0 aliphatic carbocycles. The molecule has 0 bridgehead atoms. The molecule has 0 saturated carbocycles. The Kier molecular flexibility index (Phi) is 3.92. The summed E-state index contributed by atoms with van der Waals surface area (Å²) >= 11 is 1.74. The minimum atomic E-state index is 0.921. The van der Waals surface area contributed by atoms with E-state index in [0.717, 1.165) is 34.2 Å². The van der Waals surface area contributed by atoms with Crippen LogP contribution in [-0.4, -0.2) is 22.3 Å². The quantitative estimate of drug-likeness (QED) is 0.547. The van der Waals surface area contributed by atoms with Crippen LogP contribution in [0.3, 0.4) is 0 Å². The lowest BCUT2D eigenvalue weighted by Gasteiger charge is -2.04. The fourth-order valence-electron chi connectivity index (χ4n) is 2.07. The Morgan fingerprint density at radius 3 is 2.85 bits per heavy atom. The van der Waals surface area contributed by atoms with E-state index in [-0.39, 0.29) is 0 Å². The van der Waals surface area contributed by atoms with Crippen molar-refractivity contribution in [3.8, 4) is 0 Å². The van der Waals surface area contributed by atoms with Crippen LogP contribution in [0.4, 0.5) is 5.69 Å². The van der Waals surface area contributed by atoms with Crippen molar-refractivity contribution in [3.63, 3.8) is 0 Å². The molecule has 2 aromatic carbocycles. The number of H-pyrrole nitrogens is 1. The van der Waals surface area contributed by atoms with Crippen LogP contribution >= 0.6 is 11.8 Å². The molecule has 1 aromatic heterocycles. The van der Waals surface area contributed by atoms with Gasteiger partial charge in [-0.2, -0.15) is 0 Å². The van der Waals surface area contributed by atoms with Gasteiger partial charge in [0.25, 0.3) is 0 Å². The summed E-state index contributed by atoms with van der Waals surface area (Å²) in [5.41, 5.74) is 4.56. The molecule has 0 radical (unpaired) electrons. The van der Waals surface area contributed by atoms with E-state index in [0.29, 0.717) is 0 Å². The molecule has 2 N–H and O–H groups in total. The molecule has 0 spiro atoms. The lowest BCUT2D eigenvalue weighted by Crippen LogP contribution is -2.03. The number of benzene rings is 2. The average molecular weight is 283 g/mol. The minimum absolute atomic E-state index is 0.921. The SMILES string of the molecule is Cc1ccc2nc(SCCNc3ccccc3)[nH]c2c1. The summed E-state index contributed by atoms with van der Waals surface area (Å²) in [4.78, 5) is 7.94. The Bertz CT molecular complexity index is 691. The maximum atomic E-state index is 4.58. The van der Waals surface area contributed by atoms with Crippen molar-refractivity contribution in [2.24, 2.45) is 0 Å². The predicted octanol–water partition coefficient (Wildman–Crippen LogP) is 4.08. The van der Waals surface area contributed by atoms with E-state index in [4.69, 9.17) is 0 Å². The molecular weight excluding hydrogens is 266 g/mol. The van der Waals surface area contributed by atoms with Crippen molar-refractivity contribution in [1.82, 2.24) is 9.97 Å². The molecule has 3 nitrogen and oxygen atoms in total. The second-order valence-corrected chi connectivity index (χ2v) is 5.79. The molecule has 0 aliphatic heterocycles. The number of hydrogen-bond donors (Lipinski definition) is 2. The maximum Gasteiger partial charge on any atom is 0.166 e. The zero-order valence-electron chi connectivity index (χ0n) is 11.4. The smallest absolute Gasteiger partial charge is 0.166 e. The van der Waals surface area contributed by atoms with Crippen LogP contribution in [0.5, 0.6) is 0 Å². The van der Waals surface area contributed by atoms with Crippen LogP contribution in [0.15, 0.2) is 53.7 Å². The summed E-state index contributed by atoms with van der Waals surface area (Å²) < 4.78 is 0. The summed E-state index contributed by atoms with van der Waals surface area (Å²) in [6.07, 6.45) is 0. The molecule has 3 rings (SSSR count). The number of aryl methyl sites for hydroxylation is 1. The van der Waals surface area contributed by atoms with Crippen LogP contribution in [0.25, 0.3) is 11.0 Å². The largest absolute Gasteiger partial charge is 0.384 e. The number of para-hydroxylation sites is 1. The van der Waals surface area contributed by atoms with Crippen molar-refractivity contribution >= 4 is 28.5 Å². The second kappa shape index (κ2) is 6.01. The lowest BCUT2D eigenvalue weighted by atomic mass is 10.2. The van der Waals surface area contributed by atoms with E-state index in [1.54, 1.807) is 11.8 Å². The number of thioether (sulfide) groups is 1. The normalized spacial score (nSPS) is 10.8. The van der Waals surface area contributed by atoms with E-state index in [1.807, 2.05) is 18.2 Å².